The lowest BCUT2D eigenvalue weighted by Gasteiger charge is -2.30. The fourth-order valence-corrected chi connectivity index (χ4v) is 3.63. The summed E-state index contributed by atoms with van der Waals surface area (Å²) in [4.78, 5) is 18.8. The maximum atomic E-state index is 12.5. The highest BCUT2D eigenvalue weighted by molar-refractivity contribution is 5.86. The molecule has 3 heterocycles. The minimum Gasteiger partial charge on any atom is -0.441 e. The number of ether oxygens (including phenoxy) is 1. The Morgan fingerprint density at radius 3 is 2.79 bits per heavy atom. The van der Waals surface area contributed by atoms with Crippen molar-refractivity contribution >= 4 is 16.7 Å². The summed E-state index contributed by atoms with van der Waals surface area (Å²) in [5.41, 5.74) is 2.41. The van der Waals surface area contributed by atoms with Crippen molar-refractivity contribution in [3.05, 3.63) is 42.0 Å². The number of nitrogens with zero attached hydrogens (tertiary/aromatic N) is 4. The Morgan fingerprint density at radius 2 is 2.07 bits per heavy atom. The molecule has 4 rings (SSSR count). The van der Waals surface area contributed by atoms with E-state index in [1.54, 1.807) is 13.3 Å². The quantitative estimate of drug-likeness (QED) is 0.650. The lowest BCUT2D eigenvalue weighted by Crippen LogP contribution is -2.40. The average molecular weight is 380 g/mol. The Bertz CT molecular complexity index is 977. The van der Waals surface area contributed by atoms with Crippen molar-refractivity contribution in [2.75, 3.05) is 26.7 Å². The molecule has 1 saturated heterocycles. The van der Waals surface area contributed by atoms with Crippen LogP contribution in [0.2, 0.25) is 0 Å². The number of likely N-dealkylation sites (tertiary alicyclic amines) is 1. The van der Waals surface area contributed by atoms with Crippen LogP contribution < -0.4 is 0 Å². The van der Waals surface area contributed by atoms with Crippen LogP contribution in [0.15, 0.2) is 34.9 Å². The van der Waals surface area contributed by atoms with Gasteiger partial charge in [0, 0.05) is 38.1 Å². The number of carbonyl (C=O) groups is 1. The van der Waals surface area contributed by atoms with E-state index in [2.05, 4.69) is 20.1 Å². The van der Waals surface area contributed by atoms with Gasteiger partial charge in [0.25, 0.3) is 0 Å². The normalized spacial score (nSPS) is 15.9. The molecule has 0 N–H and O–H groups in total. The summed E-state index contributed by atoms with van der Waals surface area (Å²) < 4.78 is 11.0. The van der Waals surface area contributed by atoms with Crippen LogP contribution in [-0.4, -0.2) is 58.7 Å². The van der Waals surface area contributed by atoms with E-state index in [-0.39, 0.29) is 5.78 Å². The van der Waals surface area contributed by atoms with Crippen molar-refractivity contribution in [3.63, 3.8) is 0 Å². The molecule has 0 bridgehead atoms. The second kappa shape index (κ2) is 8.16. The van der Waals surface area contributed by atoms with Crippen molar-refractivity contribution in [1.82, 2.24) is 20.1 Å². The highest BCUT2D eigenvalue weighted by atomic mass is 16.5. The lowest BCUT2D eigenvalue weighted by molar-refractivity contribution is -0.120. The number of fused-ring (bicyclic) bond motifs is 1. The molecule has 1 aliphatic heterocycles. The van der Waals surface area contributed by atoms with Crippen LogP contribution in [0.4, 0.5) is 0 Å². The fourth-order valence-electron chi connectivity index (χ4n) is 3.63. The van der Waals surface area contributed by atoms with Gasteiger partial charge in [0.2, 0.25) is 0 Å². The predicted molar refractivity (Wildman–Crippen MR) is 105 cm³/mol. The predicted octanol–water partition coefficient (Wildman–Crippen LogP) is 2.82. The molecule has 1 aliphatic rings. The Kier molecular flexibility index (Phi) is 5.45. The topological polar surface area (TPSA) is 81.4 Å². The van der Waals surface area contributed by atoms with Crippen LogP contribution in [0.1, 0.15) is 24.4 Å². The van der Waals surface area contributed by atoms with Crippen molar-refractivity contribution in [3.8, 4) is 11.3 Å². The molecule has 0 saturated carbocycles. The first-order chi connectivity index (χ1) is 13.6. The molecule has 0 unspecified atom stereocenters. The van der Waals surface area contributed by atoms with E-state index in [9.17, 15) is 4.79 Å². The minimum absolute atomic E-state index is 0.159. The largest absolute Gasteiger partial charge is 0.441 e. The standard InChI is InChI=1S/C21H24N4O3/c1-14-22-12-21(28-14)15-3-4-20-16(9-15)10-17(23-24-20)11-18(26)13-25-7-5-19(27-2)6-8-25/h3-4,9-10,12,19H,5-8,11,13H2,1-2H3. The van der Waals surface area contributed by atoms with Gasteiger partial charge in [-0.1, -0.05) is 0 Å². The molecule has 0 amide bonds. The van der Waals surface area contributed by atoms with Crippen LogP contribution in [0.25, 0.3) is 22.2 Å². The maximum absolute atomic E-state index is 12.5. The molecule has 2 aromatic heterocycles. The van der Waals surface area contributed by atoms with Crippen LogP contribution >= 0.6 is 0 Å². The van der Waals surface area contributed by atoms with Gasteiger partial charge in [-0.25, -0.2) is 4.98 Å². The second-order valence-electron chi connectivity index (χ2n) is 7.28. The van der Waals surface area contributed by atoms with Gasteiger partial charge in [0.1, 0.15) is 0 Å². The Hall–Kier alpha value is -2.64. The first-order valence-corrected chi connectivity index (χ1v) is 9.57. The zero-order chi connectivity index (χ0) is 19.5. The summed E-state index contributed by atoms with van der Waals surface area (Å²) in [6.45, 7) is 4.06. The molecular formula is C21H24N4O3. The first-order valence-electron chi connectivity index (χ1n) is 9.57. The molecule has 1 aromatic carbocycles. The lowest BCUT2D eigenvalue weighted by atomic mass is 10.1. The molecule has 1 fully saturated rings. The van der Waals surface area contributed by atoms with Gasteiger partial charge in [-0.2, -0.15) is 10.2 Å². The molecule has 3 aromatic rings. The zero-order valence-electron chi connectivity index (χ0n) is 16.2. The number of Topliss-reactive ketones (excluding diaryl/α,β-unsaturated/α-hetero) is 1. The monoisotopic (exact) mass is 380 g/mol. The van der Waals surface area contributed by atoms with E-state index in [1.807, 2.05) is 31.2 Å². The van der Waals surface area contributed by atoms with E-state index < -0.39 is 0 Å². The smallest absolute Gasteiger partial charge is 0.191 e. The Balaban J connectivity index is 1.44. The van der Waals surface area contributed by atoms with Gasteiger partial charge >= 0.3 is 0 Å². The van der Waals surface area contributed by atoms with E-state index >= 15 is 0 Å². The number of rotatable bonds is 6. The Labute approximate surface area is 163 Å². The van der Waals surface area contributed by atoms with Gasteiger partial charge in [0.15, 0.2) is 17.4 Å². The van der Waals surface area contributed by atoms with Gasteiger partial charge in [0.05, 0.1) is 36.5 Å². The van der Waals surface area contributed by atoms with Crippen molar-refractivity contribution < 1.29 is 13.9 Å². The Morgan fingerprint density at radius 1 is 1.25 bits per heavy atom. The number of ketones is 1. The van der Waals surface area contributed by atoms with Gasteiger partial charge < -0.3 is 9.15 Å². The number of hydrogen-bond acceptors (Lipinski definition) is 7. The summed E-state index contributed by atoms with van der Waals surface area (Å²) in [6.07, 6.45) is 4.27. The SMILES string of the molecule is COC1CCN(CC(=O)Cc2cc3cc(-c4cnc(C)o4)ccc3nn2)CC1. The highest BCUT2D eigenvalue weighted by Crippen LogP contribution is 2.24. The average Bonchev–Trinajstić information content (AvgIpc) is 3.14. The second-order valence-corrected chi connectivity index (χ2v) is 7.28. The maximum Gasteiger partial charge on any atom is 0.191 e. The number of aryl methyl sites for hydroxylation is 1. The van der Waals surface area contributed by atoms with E-state index in [4.69, 9.17) is 9.15 Å². The van der Waals surface area contributed by atoms with Crippen LogP contribution in [-0.2, 0) is 16.0 Å². The van der Waals surface area contributed by atoms with Crippen LogP contribution in [0.3, 0.4) is 0 Å². The first kappa shape index (κ1) is 18.7. The summed E-state index contributed by atoms with van der Waals surface area (Å²) in [5.74, 6) is 1.50. The number of carbonyl (C=O) groups excluding carboxylic acids is 1. The summed E-state index contributed by atoms with van der Waals surface area (Å²) in [7, 11) is 1.75. The third-order valence-corrected chi connectivity index (χ3v) is 5.19. The molecule has 0 radical (unpaired) electrons. The number of hydrogen-bond donors (Lipinski definition) is 0. The van der Waals surface area contributed by atoms with Gasteiger partial charge in [-0.05, 0) is 37.1 Å². The molecule has 0 aliphatic carbocycles. The number of benzene rings is 1. The molecular weight excluding hydrogens is 356 g/mol. The molecule has 0 spiro atoms. The number of aromatic nitrogens is 3. The van der Waals surface area contributed by atoms with Crippen LogP contribution in [0.5, 0.6) is 0 Å². The van der Waals surface area contributed by atoms with E-state index in [1.165, 1.54) is 0 Å². The number of piperidine rings is 1. The molecule has 7 nitrogen and oxygen atoms in total. The van der Waals surface area contributed by atoms with Gasteiger partial charge in [-0.15, -0.1) is 0 Å². The fraction of sp³-hybridized carbons (Fsp3) is 0.429. The summed E-state index contributed by atoms with van der Waals surface area (Å²) in [6, 6.07) is 7.77. The molecule has 0 atom stereocenters. The minimum atomic E-state index is 0.159. The number of oxazole rings is 1. The number of methoxy groups -OCH3 is 1. The summed E-state index contributed by atoms with van der Waals surface area (Å²) >= 11 is 0. The van der Waals surface area contributed by atoms with Crippen molar-refractivity contribution in [1.29, 1.82) is 0 Å². The molecule has 146 valence electrons. The molecule has 28 heavy (non-hydrogen) atoms. The summed E-state index contributed by atoms with van der Waals surface area (Å²) in [5, 5.41) is 9.43. The van der Waals surface area contributed by atoms with Crippen molar-refractivity contribution in [2.24, 2.45) is 0 Å². The van der Waals surface area contributed by atoms with Crippen molar-refractivity contribution in [2.45, 2.75) is 32.3 Å². The zero-order valence-corrected chi connectivity index (χ0v) is 16.2. The van der Waals surface area contributed by atoms with Crippen LogP contribution in [0, 0.1) is 6.92 Å². The third-order valence-electron chi connectivity index (χ3n) is 5.19. The van der Waals surface area contributed by atoms with E-state index in [0.717, 1.165) is 42.4 Å². The highest BCUT2D eigenvalue weighted by Gasteiger charge is 2.20. The van der Waals surface area contributed by atoms with E-state index in [0.29, 0.717) is 36.4 Å². The third kappa shape index (κ3) is 4.26. The molecule has 7 heteroatoms. The van der Waals surface area contributed by atoms with Gasteiger partial charge in [-0.3, -0.25) is 9.69 Å².